The summed E-state index contributed by atoms with van der Waals surface area (Å²) in [4.78, 5) is 0. The van der Waals surface area contributed by atoms with Gasteiger partial charge in [-0.3, -0.25) is 4.57 Å². The third-order valence-electron chi connectivity index (χ3n) is 2.92. The van der Waals surface area contributed by atoms with Gasteiger partial charge in [-0.25, -0.2) is 0 Å². The lowest BCUT2D eigenvalue weighted by Crippen LogP contribution is -2.25. The molecule has 0 saturated heterocycles. The minimum Gasteiger partial charge on any atom is -0.493 e. The van der Waals surface area contributed by atoms with Crippen molar-refractivity contribution < 1.29 is 23.1 Å². The molecule has 0 unspecified atom stereocenters. The van der Waals surface area contributed by atoms with E-state index in [4.69, 9.17) is 24.3 Å². The van der Waals surface area contributed by atoms with E-state index in [2.05, 4.69) is 0 Å². The van der Waals surface area contributed by atoms with Crippen LogP contribution in [0.3, 0.4) is 0 Å². The van der Waals surface area contributed by atoms with Gasteiger partial charge in [0.25, 0.3) is 0 Å². The van der Waals surface area contributed by atoms with E-state index in [0.29, 0.717) is 17.9 Å². The van der Waals surface area contributed by atoms with Crippen LogP contribution in [0.5, 0.6) is 11.5 Å². The highest BCUT2D eigenvalue weighted by Crippen LogP contribution is 2.52. The fourth-order valence-corrected chi connectivity index (χ4v) is 3.56. The molecule has 0 saturated carbocycles. The van der Waals surface area contributed by atoms with Crippen LogP contribution in [0.1, 0.15) is 19.4 Å². The van der Waals surface area contributed by atoms with E-state index in [9.17, 15) is 4.57 Å². The quantitative estimate of drug-likeness (QED) is 0.705. The maximum absolute atomic E-state index is 12.6. The van der Waals surface area contributed by atoms with Crippen LogP contribution in [0.15, 0.2) is 18.2 Å². The molecule has 0 amide bonds. The molecule has 7 heteroatoms. The van der Waals surface area contributed by atoms with E-state index in [0.717, 1.165) is 5.56 Å². The second-order valence-electron chi connectivity index (χ2n) is 4.34. The zero-order chi connectivity index (χ0) is 15.9. The van der Waals surface area contributed by atoms with Gasteiger partial charge in [0.1, 0.15) is 5.78 Å². The summed E-state index contributed by atoms with van der Waals surface area (Å²) in [5, 5.41) is 0. The molecule has 6 nitrogen and oxygen atoms in total. The van der Waals surface area contributed by atoms with Crippen molar-refractivity contribution in [3.8, 4) is 11.5 Å². The molecule has 1 aromatic carbocycles. The third-order valence-corrected chi connectivity index (χ3v) is 5.15. The Labute approximate surface area is 126 Å². The van der Waals surface area contributed by atoms with Crippen LogP contribution in [0.2, 0.25) is 0 Å². The first-order valence-electron chi connectivity index (χ1n) is 6.86. The predicted molar refractivity (Wildman–Crippen MR) is 82.1 cm³/mol. The van der Waals surface area contributed by atoms with Crippen LogP contribution in [0.25, 0.3) is 0 Å². The Hall–Kier alpha value is -1.07. The van der Waals surface area contributed by atoms with Crippen LogP contribution in [-0.4, -0.2) is 33.2 Å². The average Bonchev–Trinajstić information content (AvgIpc) is 2.47. The Bertz CT molecular complexity index is 484. The number of ether oxygens (including phenoxy) is 2. The Morgan fingerprint density at radius 2 is 1.67 bits per heavy atom. The van der Waals surface area contributed by atoms with Crippen molar-refractivity contribution in [3.63, 3.8) is 0 Å². The van der Waals surface area contributed by atoms with Crippen LogP contribution < -0.4 is 15.2 Å². The number of hydrogen-bond donors (Lipinski definition) is 1. The summed E-state index contributed by atoms with van der Waals surface area (Å²) in [5.41, 5.74) is 6.91. The third kappa shape index (κ3) is 4.71. The normalized spacial score (nSPS) is 13.0. The van der Waals surface area contributed by atoms with Crippen LogP contribution in [-0.2, 0) is 20.0 Å². The van der Waals surface area contributed by atoms with E-state index in [-0.39, 0.29) is 13.2 Å². The van der Waals surface area contributed by atoms with E-state index >= 15 is 0 Å². The summed E-state index contributed by atoms with van der Waals surface area (Å²) in [5.74, 6) is 0.507. The highest BCUT2D eigenvalue weighted by Gasteiger charge is 2.32. The van der Waals surface area contributed by atoms with Gasteiger partial charge in [0, 0.05) is 0 Å². The summed E-state index contributed by atoms with van der Waals surface area (Å²) in [6, 6.07) is 5.44. The number of benzene rings is 1. The Morgan fingerprint density at radius 1 is 1.10 bits per heavy atom. The predicted octanol–water partition coefficient (Wildman–Crippen LogP) is 2.80. The Balaban J connectivity index is 2.90. The largest absolute Gasteiger partial charge is 0.493 e. The minimum absolute atomic E-state index is 0.289. The monoisotopic (exact) mass is 317 g/mol. The molecule has 0 aliphatic rings. The highest BCUT2D eigenvalue weighted by molar-refractivity contribution is 7.54. The van der Waals surface area contributed by atoms with Gasteiger partial charge in [-0.1, -0.05) is 6.07 Å². The molecule has 1 atom stereocenters. The number of hydrogen-bond acceptors (Lipinski definition) is 6. The van der Waals surface area contributed by atoms with Crippen molar-refractivity contribution in [2.75, 3.05) is 27.4 Å². The average molecular weight is 317 g/mol. The number of nitrogens with two attached hydrogens (primary N) is 1. The Kier molecular flexibility index (Phi) is 7.18. The van der Waals surface area contributed by atoms with Gasteiger partial charge in [0.15, 0.2) is 11.5 Å². The lowest BCUT2D eigenvalue weighted by molar-refractivity contribution is 0.212. The first-order chi connectivity index (χ1) is 10.0. The van der Waals surface area contributed by atoms with Gasteiger partial charge in [-0.2, -0.15) is 0 Å². The summed E-state index contributed by atoms with van der Waals surface area (Å²) in [6.45, 7) is 4.09. The van der Waals surface area contributed by atoms with Crippen LogP contribution in [0.4, 0.5) is 0 Å². The minimum atomic E-state index is -3.31. The summed E-state index contributed by atoms with van der Waals surface area (Å²) >= 11 is 0. The smallest absolute Gasteiger partial charge is 0.347 e. The second-order valence-corrected chi connectivity index (χ2v) is 6.60. The molecule has 1 rings (SSSR count). The van der Waals surface area contributed by atoms with Crippen LogP contribution >= 0.6 is 7.60 Å². The van der Waals surface area contributed by atoms with Gasteiger partial charge in [0.05, 0.1) is 27.4 Å². The molecule has 0 fully saturated rings. The molecule has 120 valence electrons. The molecule has 1 aromatic rings. The topological polar surface area (TPSA) is 80.0 Å². The van der Waals surface area contributed by atoms with Gasteiger partial charge >= 0.3 is 7.60 Å². The van der Waals surface area contributed by atoms with E-state index in [1.807, 2.05) is 6.07 Å². The fraction of sp³-hybridized carbons (Fsp3) is 0.571. The molecular weight excluding hydrogens is 293 g/mol. The first-order valence-corrected chi connectivity index (χ1v) is 8.47. The molecule has 0 spiro atoms. The van der Waals surface area contributed by atoms with Crippen molar-refractivity contribution in [1.82, 2.24) is 0 Å². The van der Waals surface area contributed by atoms with E-state index < -0.39 is 13.4 Å². The molecule has 0 heterocycles. The summed E-state index contributed by atoms with van der Waals surface area (Å²) in [6.07, 6.45) is 0.359. The first kappa shape index (κ1) is 18.0. The van der Waals surface area contributed by atoms with Gasteiger partial charge in [0.2, 0.25) is 0 Å². The highest BCUT2D eigenvalue weighted by atomic mass is 31.2. The number of rotatable bonds is 9. The molecule has 0 aliphatic heterocycles. The van der Waals surface area contributed by atoms with Crippen LogP contribution in [0, 0.1) is 0 Å². The summed E-state index contributed by atoms with van der Waals surface area (Å²) in [7, 11) is -0.179. The van der Waals surface area contributed by atoms with Crippen molar-refractivity contribution in [1.29, 1.82) is 0 Å². The summed E-state index contributed by atoms with van der Waals surface area (Å²) < 4.78 is 33.5. The van der Waals surface area contributed by atoms with Gasteiger partial charge in [-0.05, 0) is 38.0 Å². The molecule has 0 aromatic heterocycles. The van der Waals surface area contributed by atoms with Gasteiger partial charge < -0.3 is 24.3 Å². The lowest BCUT2D eigenvalue weighted by atomic mass is 10.1. The van der Waals surface area contributed by atoms with Gasteiger partial charge in [-0.15, -0.1) is 0 Å². The van der Waals surface area contributed by atoms with Crippen molar-refractivity contribution >= 4 is 7.60 Å². The molecular formula is C14H24NO5P. The zero-order valence-electron chi connectivity index (χ0n) is 13.0. The molecule has 0 radical (unpaired) electrons. The van der Waals surface area contributed by atoms with Crippen molar-refractivity contribution in [2.45, 2.75) is 26.1 Å². The zero-order valence-corrected chi connectivity index (χ0v) is 13.9. The number of methoxy groups -OCH3 is 2. The Morgan fingerprint density at radius 3 is 2.14 bits per heavy atom. The standard InChI is InChI=1S/C14H24NO5P/c1-5-19-21(16,20-6-2)14(15)10-11-7-8-12(17-3)13(9-11)18-4/h7-9,14H,5-6,10,15H2,1-4H3/t14-/m0/s1. The molecule has 21 heavy (non-hydrogen) atoms. The molecule has 0 aliphatic carbocycles. The van der Waals surface area contributed by atoms with E-state index in [1.54, 1.807) is 40.2 Å². The fourth-order valence-electron chi connectivity index (χ4n) is 1.95. The maximum Gasteiger partial charge on any atom is 0.347 e. The maximum atomic E-state index is 12.6. The molecule has 0 bridgehead atoms. The van der Waals surface area contributed by atoms with Crippen molar-refractivity contribution in [2.24, 2.45) is 5.73 Å². The second kappa shape index (κ2) is 8.39. The lowest BCUT2D eigenvalue weighted by Gasteiger charge is -2.23. The van der Waals surface area contributed by atoms with E-state index in [1.165, 1.54) is 0 Å². The molecule has 2 N–H and O–H groups in total. The van der Waals surface area contributed by atoms with Crippen molar-refractivity contribution in [3.05, 3.63) is 23.8 Å². The SMILES string of the molecule is CCOP(=O)(OCC)[C@H](N)Cc1ccc(OC)c(OC)c1.